The Hall–Kier alpha value is -2.49. The lowest BCUT2D eigenvalue weighted by molar-refractivity contribution is 0.0988. The molecule has 2 aromatic carbocycles. The van der Waals surface area contributed by atoms with Crippen LogP contribution < -0.4 is 0 Å². The number of halogens is 1. The molecule has 3 aromatic rings. The summed E-state index contributed by atoms with van der Waals surface area (Å²) in [5.41, 5.74) is 2.56. The molecule has 0 saturated carbocycles. The van der Waals surface area contributed by atoms with Crippen molar-refractivity contribution < 1.29 is 13.6 Å². The SMILES string of the molecule is CCC(=O)c1ccc2oc(-c3ccc(F)cc3)nc2c1. The number of aromatic nitrogens is 1. The van der Waals surface area contributed by atoms with Gasteiger partial charge < -0.3 is 4.42 Å². The highest BCUT2D eigenvalue weighted by Gasteiger charge is 2.11. The van der Waals surface area contributed by atoms with Crippen LogP contribution in [0.5, 0.6) is 0 Å². The summed E-state index contributed by atoms with van der Waals surface area (Å²) in [4.78, 5) is 16.0. The van der Waals surface area contributed by atoms with Gasteiger partial charge in [-0.3, -0.25) is 4.79 Å². The van der Waals surface area contributed by atoms with Crippen LogP contribution in [0.4, 0.5) is 4.39 Å². The van der Waals surface area contributed by atoms with E-state index in [9.17, 15) is 9.18 Å². The Labute approximate surface area is 115 Å². The molecule has 0 saturated heterocycles. The molecule has 0 radical (unpaired) electrons. The number of oxazole rings is 1. The molecule has 0 spiro atoms. The molecule has 0 unspecified atom stereocenters. The van der Waals surface area contributed by atoms with Crippen molar-refractivity contribution in [1.29, 1.82) is 0 Å². The zero-order valence-electron chi connectivity index (χ0n) is 10.9. The van der Waals surface area contributed by atoms with Gasteiger partial charge in [0.15, 0.2) is 11.4 Å². The van der Waals surface area contributed by atoms with Crippen LogP contribution in [0.15, 0.2) is 46.9 Å². The molecule has 4 heteroatoms. The number of hydrogen-bond acceptors (Lipinski definition) is 3. The fraction of sp³-hybridized carbons (Fsp3) is 0.125. The van der Waals surface area contributed by atoms with E-state index in [1.54, 1.807) is 30.3 Å². The van der Waals surface area contributed by atoms with Crippen LogP contribution in [0.1, 0.15) is 23.7 Å². The third-order valence-corrected chi connectivity index (χ3v) is 3.12. The van der Waals surface area contributed by atoms with Gasteiger partial charge in [0.25, 0.3) is 0 Å². The number of carbonyl (C=O) groups is 1. The van der Waals surface area contributed by atoms with E-state index in [0.29, 0.717) is 34.5 Å². The number of carbonyl (C=O) groups excluding carboxylic acids is 1. The summed E-state index contributed by atoms with van der Waals surface area (Å²) in [5, 5.41) is 0. The van der Waals surface area contributed by atoms with Crippen molar-refractivity contribution in [3.63, 3.8) is 0 Å². The maximum absolute atomic E-state index is 12.9. The molecule has 0 atom stereocenters. The molecule has 0 amide bonds. The maximum atomic E-state index is 12.9. The third-order valence-electron chi connectivity index (χ3n) is 3.12. The second kappa shape index (κ2) is 4.89. The van der Waals surface area contributed by atoms with Gasteiger partial charge in [-0.15, -0.1) is 0 Å². The molecular formula is C16H12FNO2. The van der Waals surface area contributed by atoms with Gasteiger partial charge in [0.2, 0.25) is 5.89 Å². The van der Waals surface area contributed by atoms with Gasteiger partial charge in [-0.2, -0.15) is 0 Å². The van der Waals surface area contributed by atoms with E-state index in [-0.39, 0.29) is 11.6 Å². The quantitative estimate of drug-likeness (QED) is 0.668. The second-order valence-corrected chi connectivity index (χ2v) is 4.49. The van der Waals surface area contributed by atoms with Crippen molar-refractivity contribution in [3.8, 4) is 11.5 Å². The number of ketones is 1. The van der Waals surface area contributed by atoms with E-state index in [0.717, 1.165) is 0 Å². The molecule has 0 fully saturated rings. The molecule has 20 heavy (non-hydrogen) atoms. The minimum Gasteiger partial charge on any atom is -0.436 e. The number of Topliss-reactive ketones (excluding diaryl/α,β-unsaturated/α-hetero) is 1. The maximum Gasteiger partial charge on any atom is 0.227 e. The normalized spacial score (nSPS) is 10.9. The van der Waals surface area contributed by atoms with E-state index < -0.39 is 0 Å². The predicted octanol–water partition coefficient (Wildman–Crippen LogP) is 4.23. The van der Waals surface area contributed by atoms with Crippen molar-refractivity contribution >= 4 is 16.9 Å². The Balaban J connectivity index is 2.06. The molecule has 1 heterocycles. The molecule has 3 rings (SSSR count). The minimum absolute atomic E-state index is 0.0678. The predicted molar refractivity (Wildman–Crippen MR) is 74.0 cm³/mol. The largest absolute Gasteiger partial charge is 0.436 e. The molecule has 0 aliphatic rings. The first kappa shape index (κ1) is 12.5. The Morgan fingerprint density at radius 3 is 2.65 bits per heavy atom. The fourth-order valence-corrected chi connectivity index (χ4v) is 2.02. The molecule has 100 valence electrons. The van der Waals surface area contributed by atoms with Gasteiger partial charge in [-0.25, -0.2) is 9.37 Å². The Morgan fingerprint density at radius 1 is 1.20 bits per heavy atom. The monoisotopic (exact) mass is 269 g/mol. The third kappa shape index (κ3) is 2.20. The van der Waals surface area contributed by atoms with Gasteiger partial charge in [0, 0.05) is 17.5 Å². The van der Waals surface area contributed by atoms with Crippen molar-refractivity contribution in [3.05, 3.63) is 53.8 Å². The summed E-state index contributed by atoms with van der Waals surface area (Å²) >= 11 is 0. The van der Waals surface area contributed by atoms with Gasteiger partial charge in [-0.05, 0) is 42.5 Å². The average molecular weight is 269 g/mol. The molecule has 3 nitrogen and oxygen atoms in total. The van der Waals surface area contributed by atoms with E-state index >= 15 is 0 Å². The lowest BCUT2D eigenvalue weighted by Crippen LogP contribution is -1.95. The van der Waals surface area contributed by atoms with E-state index in [1.807, 2.05) is 6.92 Å². The zero-order chi connectivity index (χ0) is 14.1. The summed E-state index contributed by atoms with van der Waals surface area (Å²) in [6, 6.07) is 11.1. The molecule has 0 N–H and O–H groups in total. The Kier molecular flexibility index (Phi) is 3.06. The highest BCUT2D eigenvalue weighted by molar-refractivity contribution is 5.98. The zero-order valence-corrected chi connectivity index (χ0v) is 10.9. The first-order valence-electron chi connectivity index (χ1n) is 6.37. The first-order valence-corrected chi connectivity index (χ1v) is 6.37. The summed E-state index contributed by atoms with van der Waals surface area (Å²) in [7, 11) is 0. The van der Waals surface area contributed by atoms with E-state index in [4.69, 9.17) is 4.42 Å². The number of fused-ring (bicyclic) bond motifs is 1. The summed E-state index contributed by atoms with van der Waals surface area (Å²) < 4.78 is 18.5. The second-order valence-electron chi connectivity index (χ2n) is 4.49. The van der Waals surface area contributed by atoms with Crippen molar-refractivity contribution in [2.45, 2.75) is 13.3 Å². The van der Waals surface area contributed by atoms with Crippen LogP contribution in [-0.4, -0.2) is 10.8 Å². The van der Waals surface area contributed by atoms with Gasteiger partial charge in [-0.1, -0.05) is 6.92 Å². The Bertz CT molecular complexity index is 775. The van der Waals surface area contributed by atoms with E-state index in [2.05, 4.69) is 4.98 Å². The molecule has 0 aliphatic heterocycles. The molecule has 1 aromatic heterocycles. The lowest BCUT2D eigenvalue weighted by Gasteiger charge is -1.95. The highest BCUT2D eigenvalue weighted by Crippen LogP contribution is 2.25. The summed E-state index contributed by atoms with van der Waals surface area (Å²) in [5.74, 6) is 0.181. The summed E-state index contributed by atoms with van der Waals surface area (Å²) in [6.45, 7) is 1.82. The standard InChI is InChI=1S/C16H12FNO2/c1-2-14(19)11-5-8-15-13(9-11)18-16(20-15)10-3-6-12(17)7-4-10/h3-9H,2H2,1H3. The number of rotatable bonds is 3. The fourth-order valence-electron chi connectivity index (χ4n) is 2.02. The van der Waals surface area contributed by atoms with Gasteiger partial charge in [0.1, 0.15) is 11.3 Å². The van der Waals surface area contributed by atoms with Crippen molar-refractivity contribution in [2.75, 3.05) is 0 Å². The summed E-state index contributed by atoms with van der Waals surface area (Å²) in [6.07, 6.45) is 0.453. The van der Waals surface area contributed by atoms with Crippen molar-refractivity contribution in [2.24, 2.45) is 0 Å². The van der Waals surface area contributed by atoms with E-state index in [1.165, 1.54) is 12.1 Å². The minimum atomic E-state index is -0.305. The van der Waals surface area contributed by atoms with Crippen LogP contribution >= 0.6 is 0 Å². The topological polar surface area (TPSA) is 43.1 Å². The number of nitrogens with zero attached hydrogens (tertiary/aromatic N) is 1. The molecule has 0 aliphatic carbocycles. The Morgan fingerprint density at radius 2 is 1.95 bits per heavy atom. The molecular weight excluding hydrogens is 257 g/mol. The lowest BCUT2D eigenvalue weighted by atomic mass is 10.1. The number of hydrogen-bond donors (Lipinski definition) is 0. The van der Waals surface area contributed by atoms with Crippen LogP contribution in [0.3, 0.4) is 0 Å². The number of benzene rings is 2. The highest BCUT2D eigenvalue weighted by atomic mass is 19.1. The van der Waals surface area contributed by atoms with Crippen LogP contribution in [0.2, 0.25) is 0 Å². The van der Waals surface area contributed by atoms with Crippen LogP contribution in [0, 0.1) is 5.82 Å². The average Bonchev–Trinajstić information content (AvgIpc) is 2.90. The first-order chi connectivity index (χ1) is 9.67. The van der Waals surface area contributed by atoms with Gasteiger partial charge in [0.05, 0.1) is 0 Å². The van der Waals surface area contributed by atoms with Crippen LogP contribution in [0.25, 0.3) is 22.6 Å². The van der Waals surface area contributed by atoms with Gasteiger partial charge >= 0.3 is 0 Å². The molecule has 0 bridgehead atoms. The van der Waals surface area contributed by atoms with Crippen molar-refractivity contribution in [1.82, 2.24) is 4.98 Å². The smallest absolute Gasteiger partial charge is 0.227 e. The van der Waals surface area contributed by atoms with Crippen LogP contribution in [-0.2, 0) is 0 Å².